The zero-order valence-corrected chi connectivity index (χ0v) is 12.8. The third kappa shape index (κ3) is 5.93. The van der Waals surface area contributed by atoms with Gasteiger partial charge in [0.1, 0.15) is 5.75 Å². The molecule has 5 heteroatoms. The summed E-state index contributed by atoms with van der Waals surface area (Å²) in [6.45, 7) is 7.50. The fourth-order valence-electron chi connectivity index (χ4n) is 1.76. The van der Waals surface area contributed by atoms with Gasteiger partial charge in [-0.1, -0.05) is 0 Å². The van der Waals surface area contributed by atoms with Gasteiger partial charge in [-0.15, -0.1) is 0 Å². The summed E-state index contributed by atoms with van der Waals surface area (Å²) >= 11 is 0. The molecule has 0 aliphatic heterocycles. The number of carbonyl (C=O) groups is 1. The fourth-order valence-corrected chi connectivity index (χ4v) is 1.76. The number of amides is 2. The maximum absolute atomic E-state index is 11.9. The third-order valence-electron chi connectivity index (χ3n) is 2.45. The van der Waals surface area contributed by atoms with E-state index in [1.807, 2.05) is 26.0 Å². The van der Waals surface area contributed by atoms with Crippen LogP contribution in [0.2, 0.25) is 0 Å². The van der Waals surface area contributed by atoms with E-state index in [-0.39, 0.29) is 18.7 Å². The van der Waals surface area contributed by atoms with Gasteiger partial charge in [0.25, 0.3) is 0 Å². The molecule has 0 heterocycles. The Morgan fingerprint density at radius 1 is 1.35 bits per heavy atom. The molecule has 0 bridgehead atoms. The van der Waals surface area contributed by atoms with Gasteiger partial charge in [-0.05, 0) is 52.0 Å². The lowest BCUT2D eigenvalue weighted by Gasteiger charge is -2.25. The molecule has 2 amide bonds. The number of hydrogen-bond acceptors (Lipinski definition) is 3. The molecule has 1 aromatic carbocycles. The number of ether oxygens (including phenoxy) is 1. The van der Waals surface area contributed by atoms with Crippen LogP contribution >= 0.6 is 0 Å². The zero-order chi connectivity index (χ0) is 15.3. The largest absolute Gasteiger partial charge is 0.491 e. The molecule has 0 spiro atoms. The van der Waals surface area contributed by atoms with E-state index in [1.54, 1.807) is 33.0 Å². The Morgan fingerprint density at radius 2 is 1.90 bits per heavy atom. The summed E-state index contributed by atoms with van der Waals surface area (Å²) in [5.41, 5.74) is -0.227. The molecule has 0 saturated heterocycles. The molecular weight excluding hydrogens is 256 g/mol. The minimum Gasteiger partial charge on any atom is -0.491 e. The number of benzene rings is 1. The van der Waals surface area contributed by atoms with Gasteiger partial charge >= 0.3 is 6.03 Å². The van der Waals surface area contributed by atoms with Crippen LogP contribution in [0.1, 0.15) is 27.7 Å². The van der Waals surface area contributed by atoms with Crippen molar-refractivity contribution in [2.24, 2.45) is 0 Å². The highest BCUT2D eigenvalue weighted by atomic mass is 16.5. The number of nitrogens with zero attached hydrogens (tertiary/aromatic N) is 1. The van der Waals surface area contributed by atoms with Crippen LogP contribution in [0.3, 0.4) is 0 Å². The predicted molar refractivity (Wildman–Crippen MR) is 80.2 cm³/mol. The minimum atomic E-state index is -0.916. The Kier molecular flexibility index (Phi) is 5.39. The van der Waals surface area contributed by atoms with Crippen LogP contribution in [0.15, 0.2) is 24.3 Å². The smallest absolute Gasteiger partial charge is 0.321 e. The molecule has 2 N–H and O–H groups in total. The second-order valence-corrected chi connectivity index (χ2v) is 5.79. The monoisotopic (exact) mass is 280 g/mol. The quantitative estimate of drug-likeness (QED) is 0.871. The molecular formula is C15H24N2O3. The van der Waals surface area contributed by atoms with Crippen LogP contribution in [-0.2, 0) is 0 Å². The van der Waals surface area contributed by atoms with Crippen molar-refractivity contribution < 1.29 is 14.6 Å². The van der Waals surface area contributed by atoms with Gasteiger partial charge in [-0.25, -0.2) is 4.79 Å². The van der Waals surface area contributed by atoms with Crippen molar-refractivity contribution in [3.05, 3.63) is 24.3 Å². The van der Waals surface area contributed by atoms with Crippen LogP contribution in [-0.4, -0.2) is 41.3 Å². The van der Waals surface area contributed by atoms with Gasteiger partial charge in [0, 0.05) is 12.7 Å². The highest BCUT2D eigenvalue weighted by molar-refractivity contribution is 5.89. The number of hydrogen-bond donors (Lipinski definition) is 2. The average Bonchev–Trinajstić information content (AvgIpc) is 2.28. The first-order valence-corrected chi connectivity index (χ1v) is 6.68. The highest BCUT2D eigenvalue weighted by Crippen LogP contribution is 2.17. The lowest BCUT2D eigenvalue weighted by atomic mass is 10.1. The summed E-state index contributed by atoms with van der Waals surface area (Å²) in [7, 11) is 1.64. The highest BCUT2D eigenvalue weighted by Gasteiger charge is 2.19. The first-order chi connectivity index (χ1) is 9.17. The van der Waals surface area contributed by atoms with Gasteiger partial charge in [-0.2, -0.15) is 0 Å². The van der Waals surface area contributed by atoms with Crippen LogP contribution in [0.5, 0.6) is 5.75 Å². The summed E-state index contributed by atoms with van der Waals surface area (Å²) < 4.78 is 5.53. The van der Waals surface area contributed by atoms with E-state index in [2.05, 4.69) is 5.32 Å². The van der Waals surface area contributed by atoms with Gasteiger partial charge in [0.15, 0.2) is 0 Å². The molecule has 1 rings (SSSR count). The lowest BCUT2D eigenvalue weighted by Crippen LogP contribution is -2.41. The van der Waals surface area contributed by atoms with Crippen molar-refractivity contribution >= 4 is 11.7 Å². The molecule has 0 fully saturated rings. The fraction of sp³-hybridized carbons (Fsp3) is 0.533. The van der Waals surface area contributed by atoms with E-state index >= 15 is 0 Å². The molecule has 0 aliphatic carbocycles. The average molecular weight is 280 g/mol. The van der Waals surface area contributed by atoms with E-state index in [1.165, 1.54) is 4.90 Å². The van der Waals surface area contributed by atoms with Crippen molar-refractivity contribution in [3.8, 4) is 5.75 Å². The van der Waals surface area contributed by atoms with Crippen molar-refractivity contribution in [2.75, 3.05) is 18.9 Å². The Labute approximate surface area is 120 Å². The molecule has 1 aromatic rings. The molecule has 0 aromatic heterocycles. The lowest BCUT2D eigenvalue weighted by molar-refractivity contribution is 0.0550. The normalized spacial score (nSPS) is 11.3. The molecule has 0 saturated carbocycles. The summed E-state index contributed by atoms with van der Waals surface area (Å²) in [5.74, 6) is 0.767. The first kappa shape index (κ1) is 16.3. The van der Waals surface area contributed by atoms with Crippen molar-refractivity contribution in [3.63, 3.8) is 0 Å². The SMILES string of the molecule is CC(C)Oc1ccc(NC(=O)N(C)CC(C)(C)O)cc1. The maximum Gasteiger partial charge on any atom is 0.321 e. The van der Waals surface area contributed by atoms with Crippen LogP contribution in [0, 0.1) is 0 Å². The summed E-state index contributed by atoms with van der Waals surface area (Å²) in [4.78, 5) is 13.4. The summed E-state index contributed by atoms with van der Waals surface area (Å²) in [5, 5.41) is 12.5. The Balaban J connectivity index is 2.58. The molecule has 5 nitrogen and oxygen atoms in total. The number of likely N-dealkylation sites (N-methyl/N-ethyl adjacent to an activating group) is 1. The van der Waals surface area contributed by atoms with Gasteiger partial charge in [-0.3, -0.25) is 0 Å². The van der Waals surface area contributed by atoms with Gasteiger partial charge < -0.3 is 20.1 Å². The number of anilines is 1. The van der Waals surface area contributed by atoms with Crippen molar-refractivity contribution in [1.82, 2.24) is 4.90 Å². The van der Waals surface area contributed by atoms with Crippen molar-refractivity contribution in [1.29, 1.82) is 0 Å². The number of urea groups is 1. The minimum absolute atomic E-state index is 0.119. The number of nitrogens with one attached hydrogen (secondary N) is 1. The Morgan fingerprint density at radius 3 is 2.35 bits per heavy atom. The Hall–Kier alpha value is -1.75. The van der Waals surface area contributed by atoms with Gasteiger partial charge in [0.2, 0.25) is 0 Å². The molecule has 0 aliphatic rings. The standard InChI is InChI=1S/C15H24N2O3/c1-11(2)20-13-8-6-12(7-9-13)16-14(18)17(5)10-15(3,4)19/h6-9,11,19H,10H2,1-5H3,(H,16,18). The number of aliphatic hydroxyl groups is 1. The summed E-state index contributed by atoms with van der Waals surface area (Å²) in [6.07, 6.45) is 0.119. The number of carbonyl (C=O) groups excluding carboxylic acids is 1. The maximum atomic E-state index is 11.9. The predicted octanol–water partition coefficient (Wildman–Crippen LogP) is 2.71. The summed E-state index contributed by atoms with van der Waals surface area (Å²) in [6, 6.07) is 6.93. The van der Waals surface area contributed by atoms with Crippen molar-refractivity contribution in [2.45, 2.75) is 39.4 Å². The van der Waals surface area contributed by atoms with Gasteiger partial charge in [0.05, 0.1) is 18.2 Å². The molecule has 20 heavy (non-hydrogen) atoms. The third-order valence-corrected chi connectivity index (χ3v) is 2.45. The van der Waals surface area contributed by atoms with E-state index < -0.39 is 5.60 Å². The van der Waals surface area contributed by atoms with E-state index in [9.17, 15) is 9.90 Å². The zero-order valence-electron chi connectivity index (χ0n) is 12.8. The van der Waals surface area contributed by atoms with Crippen LogP contribution in [0.4, 0.5) is 10.5 Å². The van der Waals surface area contributed by atoms with E-state index in [4.69, 9.17) is 4.74 Å². The first-order valence-electron chi connectivity index (χ1n) is 6.68. The van der Waals surface area contributed by atoms with E-state index in [0.29, 0.717) is 5.69 Å². The second-order valence-electron chi connectivity index (χ2n) is 5.79. The second kappa shape index (κ2) is 6.61. The van der Waals surface area contributed by atoms with Crippen LogP contribution < -0.4 is 10.1 Å². The molecule has 0 atom stereocenters. The topological polar surface area (TPSA) is 61.8 Å². The van der Waals surface area contributed by atoms with E-state index in [0.717, 1.165) is 5.75 Å². The Bertz CT molecular complexity index is 435. The van der Waals surface area contributed by atoms with Crippen LogP contribution in [0.25, 0.3) is 0 Å². The molecule has 0 radical (unpaired) electrons. The number of rotatable bonds is 5. The molecule has 0 unspecified atom stereocenters. The molecule has 112 valence electrons.